The smallest absolute Gasteiger partial charge is 0.239 e. The van der Waals surface area contributed by atoms with Crippen LogP contribution in [0.2, 0.25) is 0 Å². The minimum Gasteiger partial charge on any atom is -0.352 e. The first-order valence-corrected chi connectivity index (χ1v) is 7.33. The highest BCUT2D eigenvalue weighted by molar-refractivity contribution is 5.88. The van der Waals surface area contributed by atoms with E-state index in [9.17, 15) is 9.59 Å². The van der Waals surface area contributed by atoms with Crippen molar-refractivity contribution in [1.82, 2.24) is 15.5 Å². The molecule has 1 saturated carbocycles. The monoisotopic (exact) mass is 267 g/mol. The molecule has 1 heterocycles. The SMILES string of the molecule is CCC1(C(=O)N(C)CC(=O)NC2CC2)CCCNC1. The van der Waals surface area contributed by atoms with Gasteiger partial charge in [-0.15, -0.1) is 0 Å². The van der Waals surface area contributed by atoms with Crippen molar-refractivity contribution in [1.29, 1.82) is 0 Å². The average Bonchev–Trinajstić information content (AvgIpc) is 3.22. The Morgan fingerprint density at radius 1 is 1.42 bits per heavy atom. The summed E-state index contributed by atoms with van der Waals surface area (Å²) < 4.78 is 0. The molecule has 108 valence electrons. The maximum Gasteiger partial charge on any atom is 0.239 e. The lowest BCUT2D eigenvalue weighted by Crippen LogP contribution is -2.52. The molecule has 0 bridgehead atoms. The number of piperidine rings is 1. The number of likely N-dealkylation sites (N-methyl/N-ethyl adjacent to an activating group) is 1. The van der Waals surface area contributed by atoms with Crippen molar-refractivity contribution < 1.29 is 9.59 Å². The minimum absolute atomic E-state index is 0.0339. The highest BCUT2D eigenvalue weighted by atomic mass is 16.2. The maximum absolute atomic E-state index is 12.6. The van der Waals surface area contributed by atoms with Gasteiger partial charge in [-0.1, -0.05) is 6.92 Å². The van der Waals surface area contributed by atoms with E-state index in [-0.39, 0.29) is 23.8 Å². The van der Waals surface area contributed by atoms with E-state index < -0.39 is 0 Å². The number of hydrogen-bond donors (Lipinski definition) is 2. The fourth-order valence-electron chi connectivity index (χ4n) is 2.80. The number of nitrogens with zero attached hydrogens (tertiary/aromatic N) is 1. The van der Waals surface area contributed by atoms with Crippen molar-refractivity contribution in [3.8, 4) is 0 Å². The normalized spacial score (nSPS) is 26.8. The molecule has 1 saturated heterocycles. The Morgan fingerprint density at radius 3 is 2.68 bits per heavy atom. The molecule has 0 aromatic rings. The fraction of sp³-hybridized carbons (Fsp3) is 0.857. The number of hydrogen-bond acceptors (Lipinski definition) is 3. The van der Waals surface area contributed by atoms with Crippen LogP contribution in [0.15, 0.2) is 0 Å². The van der Waals surface area contributed by atoms with Crippen LogP contribution in [0.5, 0.6) is 0 Å². The van der Waals surface area contributed by atoms with E-state index in [0.29, 0.717) is 6.04 Å². The van der Waals surface area contributed by atoms with Crippen molar-refractivity contribution in [2.75, 3.05) is 26.7 Å². The highest BCUT2D eigenvalue weighted by Gasteiger charge is 2.40. The molecule has 1 aliphatic heterocycles. The first kappa shape index (κ1) is 14.3. The van der Waals surface area contributed by atoms with Crippen molar-refractivity contribution >= 4 is 11.8 Å². The van der Waals surface area contributed by atoms with Crippen molar-refractivity contribution in [3.05, 3.63) is 0 Å². The Morgan fingerprint density at radius 2 is 2.16 bits per heavy atom. The second-order valence-corrected chi connectivity index (χ2v) is 5.92. The van der Waals surface area contributed by atoms with Crippen molar-refractivity contribution in [2.45, 2.75) is 45.1 Å². The van der Waals surface area contributed by atoms with Crippen LogP contribution in [0.3, 0.4) is 0 Å². The Labute approximate surface area is 115 Å². The molecule has 5 nitrogen and oxygen atoms in total. The standard InChI is InChI=1S/C14H25N3O2/c1-3-14(7-4-8-15-10-14)13(19)17(2)9-12(18)16-11-5-6-11/h11,15H,3-10H2,1-2H3,(H,16,18). The third-order valence-electron chi connectivity index (χ3n) is 4.27. The Bertz CT molecular complexity index is 347. The molecule has 2 aliphatic rings. The van der Waals surface area contributed by atoms with Crippen LogP contribution in [-0.4, -0.2) is 49.4 Å². The molecule has 0 radical (unpaired) electrons. The molecule has 19 heavy (non-hydrogen) atoms. The Hall–Kier alpha value is -1.10. The lowest BCUT2D eigenvalue weighted by atomic mass is 9.77. The summed E-state index contributed by atoms with van der Waals surface area (Å²) in [5.74, 6) is 0.0709. The molecule has 1 unspecified atom stereocenters. The van der Waals surface area contributed by atoms with E-state index in [4.69, 9.17) is 0 Å². The summed E-state index contributed by atoms with van der Waals surface area (Å²) in [5, 5.41) is 6.23. The van der Waals surface area contributed by atoms with Gasteiger partial charge in [0, 0.05) is 19.6 Å². The predicted octanol–water partition coefficient (Wildman–Crippen LogP) is 0.503. The van der Waals surface area contributed by atoms with Gasteiger partial charge in [-0.05, 0) is 38.6 Å². The second kappa shape index (κ2) is 5.90. The lowest BCUT2D eigenvalue weighted by molar-refractivity contribution is -0.144. The summed E-state index contributed by atoms with van der Waals surface area (Å²) in [6, 6.07) is 0.354. The van der Waals surface area contributed by atoms with E-state index in [0.717, 1.165) is 45.2 Å². The van der Waals surface area contributed by atoms with Gasteiger partial charge in [0.1, 0.15) is 0 Å². The van der Waals surface area contributed by atoms with Gasteiger partial charge >= 0.3 is 0 Å². The third kappa shape index (κ3) is 3.47. The summed E-state index contributed by atoms with van der Waals surface area (Å²) in [5.41, 5.74) is -0.313. The molecule has 1 aliphatic carbocycles. The third-order valence-corrected chi connectivity index (χ3v) is 4.27. The van der Waals surface area contributed by atoms with Gasteiger partial charge in [0.25, 0.3) is 0 Å². The molecule has 2 amide bonds. The Balaban J connectivity index is 1.90. The van der Waals surface area contributed by atoms with Gasteiger partial charge in [0.2, 0.25) is 11.8 Å². The number of nitrogens with one attached hydrogen (secondary N) is 2. The number of carbonyl (C=O) groups excluding carboxylic acids is 2. The lowest BCUT2D eigenvalue weighted by Gasteiger charge is -2.38. The molecule has 2 fully saturated rings. The highest BCUT2D eigenvalue weighted by Crippen LogP contribution is 2.32. The van der Waals surface area contributed by atoms with E-state index in [2.05, 4.69) is 17.6 Å². The van der Waals surface area contributed by atoms with E-state index in [1.165, 1.54) is 0 Å². The van der Waals surface area contributed by atoms with Crippen molar-refractivity contribution in [2.24, 2.45) is 5.41 Å². The largest absolute Gasteiger partial charge is 0.352 e. The molecule has 1 atom stereocenters. The van der Waals surface area contributed by atoms with Gasteiger partial charge < -0.3 is 15.5 Å². The van der Waals surface area contributed by atoms with Crippen LogP contribution in [-0.2, 0) is 9.59 Å². The van der Waals surface area contributed by atoms with Crippen LogP contribution in [0.4, 0.5) is 0 Å². The second-order valence-electron chi connectivity index (χ2n) is 5.92. The summed E-state index contributed by atoms with van der Waals surface area (Å²) >= 11 is 0. The van der Waals surface area contributed by atoms with Crippen molar-refractivity contribution in [3.63, 3.8) is 0 Å². The zero-order chi connectivity index (χ0) is 13.9. The molecule has 2 rings (SSSR count). The predicted molar refractivity (Wildman–Crippen MR) is 73.6 cm³/mol. The van der Waals surface area contributed by atoms with Gasteiger partial charge in [0.05, 0.1) is 12.0 Å². The van der Waals surface area contributed by atoms with Gasteiger partial charge in [0.15, 0.2) is 0 Å². The minimum atomic E-state index is -0.313. The van der Waals surface area contributed by atoms with Crippen LogP contribution >= 0.6 is 0 Å². The van der Waals surface area contributed by atoms with Crippen LogP contribution in [0.25, 0.3) is 0 Å². The molecule has 0 aromatic carbocycles. The van der Waals surface area contributed by atoms with E-state index >= 15 is 0 Å². The first-order chi connectivity index (χ1) is 9.07. The quantitative estimate of drug-likeness (QED) is 0.762. The molecule has 5 heteroatoms. The maximum atomic E-state index is 12.6. The van der Waals surface area contributed by atoms with E-state index in [1.807, 2.05) is 0 Å². The summed E-state index contributed by atoms with van der Waals surface area (Å²) in [6.45, 7) is 3.96. The van der Waals surface area contributed by atoms with Crippen LogP contribution in [0.1, 0.15) is 39.0 Å². The molecule has 2 N–H and O–H groups in total. The first-order valence-electron chi connectivity index (χ1n) is 7.33. The van der Waals surface area contributed by atoms with Gasteiger partial charge in [-0.25, -0.2) is 0 Å². The molecular weight excluding hydrogens is 242 g/mol. The number of rotatable bonds is 5. The Kier molecular flexibility index (Phi) is 4.45. The summed E-state index contributed by atoms with van der Waals surface area (Å²) in [4.78, 5) is 25.9. The molecule has 0 spiro atoms. The zero-order valence-electron chi connectivity index (χ0n) is 12.0. The number of carbonyl (C=O) groups is 2. The molecule has 0 aromatic heterocycles. The van der Waals surface area contributed by atoms with Crippen LogP contribution < -0.4 is 10.6 Å². The zero-order valence-corrected chi connectivity index (χ0v) is 12.0. The molecular formula is C14H25N3O2. The van der Waals surface area contributed by atoms with E-state index in [1.54, 1.807) is 11.9 Å². The number of amides is 2. The summed E-state index contributed by atoms with van der Waals surface area (Å²) in [7, 11) is 1.74. The van der Waals surface area contributed by atoms with Crippen LogP contribution in [0, 0.1) is 5.41 Å². The summed E-state index contributed by atoms with van der Waals surface area (Å²) in [6.07, 6.45) is 4.93. The fourth-order valence-corrected chi connectivity index (χ4v) is 2.80. The van der Waals surface area contributed by atoms with Gasteiger partial charge in [-0.2, -0.15) is 0 Å². The average molecular weight is 267 g/mol. The van der Waals surface area contributed by atoms with Gasteiger partial charge in [-0.3, -0.25) is 9.59 Å². The topological polar surface area (TPSA) is 61.4 Å².